The Morgan fingerprint density at radius 1 is 1.47 bits per heavy atom. The van der Waals surface area contributed by atoms with Crippen LogP contribution < -0.4 is 16.2 Å². The van der Waals surface area contributed by atoms with Crippen LogP contribution in [0.25, 0.3) is 0 Å². The van der Waals surface area contributed by atoms with Crippen molar-refractivity contribution in [1.82, 2.24) is 0 Å². The molecule has 1 aromatic carbocycles. The molecule has 0 aromatic heterocycles. The SMILES string of the molecule is COc1ccc(C(=O)N=C(N)N)cc1C#N.Cl. The highest BCUT2D eigenvalue weighted by molar-refractivity contribution is 6.02. The van der Waals surface area contributed by atoms with Crippen LogP contribution in [0.15, 0.2) is 23.2 Å². The van der Waals surface area contributed by atoms with Crippen LogP contribution in [0.4, 0.5) is 0 Å². The van der Waals surface area contributed by atoms with Gasteiger partial charge in [-0.2, -0.15) is 10.3 Å². The van der Waals surface area contributed by atoms with Crippen molar-refractivity contribution in [1.29, 1.82) is 5.26 Å². The molecule has 0 unspecified atom stereocenters. The molecule has 1 aromatic rings. The zero-order valence-electron chi connectivity index (χ0n) is 9.01. The maximum absolute atomic E-state index is 11.4. The van der Waals surface area contributed by atoms with Gasteiger partial charge in [-0.15, -0.1) is 12.4 Å². The monoisotopic (exact) mass is 254 g/mol. The minimum atomic E-state index is -0.598. The lowest BCUT2D eigenvalue weighted by molar-refractivity contribution is 0.100. The van der Waals surface area contributed by atoms with Crippen LogP contribution in [-0.4, -0.2) is 19.0 Å². The van der Waals surface area contributed by atoms with Crippen LogP contribution in [0, 0.1) is 11.3 Å². The molecule has 0 spiro atoms. The molecule has 17 heavy (non-hydrogen) atoms. The standard InChI is InChI=1S/C10H10N4O2.ClH/c1-16-8-3-2-6(4-7(8)5-11)9(15)14-10(12)13;/h2-4H,1H3,(H4,12,13,14,15);1H. The van der Waals surface area contributed by atoms with Gasteiger partial charge in [0.05, 0.1) is 12.7 Å². The van der Waals surface area contributed by atoms with E-state index in [1.54, 1.807) is 0 Å². The summed E-state index contributed by atoms with van der Waals surface area (Å²) in [5.41, 5.74) is 10.6. The Morgan fingerprint density at radius 2 is 2.12 bits per heavy atom. The Kier molecular flexibility index (Phi) is 5.51. The van der Waals surface area contributed by atoms with E-state index in [-0.39, 0.29) is 29.5 Å². The number of nitrogens with two attached hydrogens (primary N) is 2. The average molecular weight is 255 g/mol. The van der Waals surface area contributed by atoms with Crippen molar-refractivity contribution >= 4 is 24.3 Å². The second-order valence-corrected chi connectivity index (χ2v) is 2.87. The fourth-order valence-corrected chi connectivity index (χ4v) is 1.11. The normalized spacial score (nSPS) is 8.47. The number of halogens is 1. The molecule has 0 aliphatic heterocycles. The second kappa shape index (κ2) is 6.35. The number of rotatable bonds is 2. The van der Waals surface area contributed by atoms with E-state index in [1.165, 1.54) is 25.3 Å². The van der Waals surface area contributed by atoms with Crippen LogP contribution in [0.5, 0.6) is 5.75 Å². The van der Waals surface area contributed by atoms with Gasteiger partial charge in [-0.25, -0.2) is 0 Å². The molecular formula is C10H11ClN4O2. The van der Waals surface area contributed by atoms with Gasteiger partial charge >= 0.3 is 0 Å². The number of amides is 1. The minimum absolute atomic E-state index is 0. The molecule has 0 atom stereocenters. The van der Waals surface area contributed by atoms with Crippen molar-refractivity contribution in [3.8, 4) is 11.8 Å². The Hall–Kier alpha value is -2.26. The van der Waals surface area contributed by atoms with Gasteiger partial charge in [0.25, 0.3) is 5.91 Å². The number of methoxy groups -OCH3 is 1. The van der Waals surface area contributed by atoms with Gasteiger partial charge in [-0.3, -0.25) is 4.79 Å². The highest BCUT2D eigenvalue weighted by Crippen LogP contribution is 2.19. The van der Waals surface area contributed by atoms with Gasteiger partial charge in [-0.05, 0) is 18.2 Å². The summed E-state index contributed by atoms with van der Waals surface area (Å²) in [6, 6.07) is 6.26. The van der Waals surface area contributed by atoms with Crippen molar-refractivity contribution in [3.05, 3.63) is 29.3 Å². The Morgan fingerprint density at radius 3 is 2.59 bits per heavy atom. The molecule has 0 aliphatic rings. The van der Waals surface area contributed by atoms with E-state index < -0.39 is 5.91 Å². The third kappa shape index (κ3) is 3.66. The number of benzene rings is 1. The largest absolute Gasteiger partial charge is 0.495 e. The Bertz CT molecular complexity index is 490. The molecule has 0 radical (unpaired) electrons. The molecule has 7 heteroatoms. The fourth-order valence-electron chi connectivity index (χ4n) is 1.11. The summed E-state index contributed by atoms with van der Waals surface area (Å²) in [5.74, 6) is -0.526. The van der Waals surface area contributed by atoms with E-state index in [1.807, 2.05) is 6.07 Å². The number of hydrogen-bond acceptors (Lipinski definition) is 3. The number of aliphatic imine (C=N–C) groups is 1. The number of hydrogen-bond donors (Lipinski definition) is 2. The Labute approximate surface area is 104 Å². The van der Waals surface area contributed by atoms with Crippen LogP contribution in [0.3, 0.4) is 0 Å². The quantitative estimate of drug-likeness (QED) is 0.586. The van der Waals surface area contributed by atoms with Gasteiger partial charge in [0, 0.05) is 5.56 Å². The number of carbonyl (C=O) groups excluding carboxylic acids is 1. The van der Waals surface area contributed by atoms with Crippen LogP contribution in [-0.2, 0) is 0 Å². The average Bonchev–Trinajstić information content (AvgIpc) is 2.27. The molecule has 1 rings (SSSR count). The first-order valence-electron chi connectivity index (χ1n) is 4.30. The van der Waals surface area contributed by atoms with E-state index in [0.29, 0.717) is 5.75 Å². The van der Waals surface area contributed by atoms with E-state index in [0.717, 1.165) is 0 Å². The van der Waals surface area contributed by atoms with E-state index in [4.69, 9.17) is 21.5 Å². The molecule has 0 heterocycles. The minimum Gasteiger partial charge on any atom is -0.495 e. The Balaban J connectivity index is 0.00000256. The molecule has 90 valence electrons. The number of guanidine groups is 1. The van der Waals surface area contributed by atoms with Gasteiger partial charge < -0.3 is 16.2 Å². The highest BCUT2D eigenvalue weighted by Gasteiger charge is 2.09. The highest BCUT2D eigenvalue weighted by atomic mass is 35.5. The van der Waals surface area contributed by atoms with Crippen molar-refractivity contribution in [3.63, 3.8) is 0 Å². The van der Waals surface area contributed by atoms with Crippen LogP contribution in [0.1, 0.15) is 15.9 Å². The summed E-state index contributed by atoms with van der Waals surface area (Å²) >= 11 is 0. The molecule has 0 aliphatic carbocycles. The van der Waals surface area contributed by atoms with Gasteiger partial charge in [0.2, 0.25) is 0 Å². The smallest absolute Gasteiger partial charge is 0.280 e. The second-order valence-electron chi connectivity index (χ2n) is 2.87. The van der Waals surface area contributed by atoms with Gasteiger partial charge in [0.1, 0.15) is 11.8 Å². The van der Waals surface area contributed by atoms with Crippen molar-refractivity contribution in [2.24, 2.45) is 16.5 Å². The van der Waals surface area contributed by atoms with Crippen molar-refractivity contribution in [2.45, 2.75) is 0 Å². The third-order valence-electron chi connectivity index (χ3n) is 1.80. The maximum atomic E-state index is 11.4. The molecule has 0 fully saturated rings. The van der Waals surface area contributed by atoms with Crippen molar-refractivity contribution in [2.75, 3.05) is 7.11 Å². The van der Waals surface area contributed by atoms with Gasteiger partial charge in [-0.1, -0.05) is 0 Å². The molecular weight excluding hydrogens is 244 g/mol. The van der Waals surface area contributed by atoms with Crippen LogP contribution >= 0.6 is 12.4 Å². The first kappa shape index (κ1) is 14.7. The third-order valence-corrected chi connectivity index (χ3v) is 1.80. The summed E-state index contributed by atoms with van der Waals surface area (Å²) in [4.78, 5) is 14.8. The van der Waals surface area contributed by atoms with E-state index >= 15 is 0 Å². The maximum Gasteiger partial charge on any atom is 0.280 e. The lowest BCUT2D eigenvalue weighted by atomic mass is 10.1. The number of carbonyl (C=O) groups is 1. The summed E-state index contributed by atoms with van der Waals surface area (Å²) in [6.45, 7) is 0. The molecule has 1 amide bonds. The summed E-state index contributed by atoms with van der Waals surface area (Å²) < 4.78 is 4.93. The topological polar surface area (TPSA) is 114 Å². The lowest BCUT2D eigenvalue weighted by Gasteiger charge is -2.03. The predicted octanol–water partition coefficient (Wildman–Crippen LogP) is 0.402. The zero-order valence-corrected chi connectivity index (χ0v) is 9.82. The van der Waals surface area contributed by atoms with E-state index in [2.05, 4.69) is 4.99 Å². The van der Waals surface area contributed by atoms with Crippen LogP contribution in [0.2, 0.25) is 0 Å². The number of nitrogens with zero attached hydrogens (tertiary/aromatic N) is 2. The lowest BCUT2D eigenvalue weighted by Crippen LogP contribution is -2.24. The molecule has 0 saturated heterocycles. The predicted molar refractivity (Wildman–Crippen MR) is 65.1 cm³/mol. The zero-order chi connectivity index (χ0) is 12.1. The molecule has 0 saturated carbocycles. The van der Waals surface area contributed by atoms with E-state index in [9.17, 15) is 4.79 Å². The van der Waals surface area contributed by atoms with Gasteiger partial charge in [0.15, 0.2) is 5.96 Å². The molecule has 4 N–H and O–H groups in total. The first-order chi connectivity index (χ1) is 7.58. The molecule has 0 bridgehead atoms. The fraction of sp³-hybridized carbons (Fsp3) is 0.100. The number of nitriles is 1. The van der Waals surface area contributed by atoms with Crippen molar-refractivity contribution < 1.29 is 9.53 Å². The first-order valence-corrected chi connectivity index (χ1v) is 4.30. The summed E-state index contributed by atoms with van der Waals surface area (Å²) in [5, 5.41) is 8.81. The summed E-state index contributed by atoms with van der Waals surface area (Å²) in [7, 11) is 1.44. The molecule has 6 nitrogen and oxygen atoms in total. The number of ether oxygens (including phenoxy) is 1. The summed E-state index contributed by atoms with van der Waals surface area (Å²) in [6.07, 6.45) is 0.